The Kier molecular flexibility index (Phi) is 4.70. The second-order valence-corrected chi connectivity index (χ2v) is 6.48. The molecule has 0 saturated carbocycles. The first-order chi connectivity index (χ1) is 13.2. The molecule has 136 valence electrons. The lowest BCUT2D eigenvalue weighted by Crippen LogP contribution is -2.50. The van der Waals surface area contributed by atoms with Crippen molar-refractivity contribution in [2.45, 2.75) is 13.0 Å². The normalized spacial score (nSPS) is 16.7. The Hall–Kier alpha value is -3.41. The molecule has 1 unspecified atom stereocenters. The van der Waals surface area contributed by atoms with E-state index in [1.165, 1.54) is 0 Å². The number of nitrogens with zero attached hydrogens (tertiary/aromatic N) is 3. The monoisotopic (exact) mass is 359 g/mol. The number of benzene rings is 2. The minimum absolute atomic E-state index is 0.0144. The van der Waals surface area contributed by atoms with Crippen LogP contribution >= 0.6 is 0 Å². The highest BCUT2D eigenvalue weighted by atomic mass is 16.2. The van der Waals surface area contributed by atoms with Crippen molar-refractivity contribution >= 4 is 23.4 Å². The Balaban J connectivity index is 1.65. The quantitative estimate of drug-likeness (QED) is 0.749. The molecule has 2 N–H and O–H groups in total. The van der Waals surface area contributed by atoms with E-state index in [1.807, 2.05) is 72.5 Å². The minimum atomic E-state index is -0.402. The molecule has 0 spiro atoms. The smallest absolute Gasteiger partial charge is 0.247 e. The molecule has 2 aromatic carbocycles. The van der Waals surface area contributed by atoms with Gasteiger partial charge in [-0.05, 0) is 30.2 Å². The SMILES string of the molecule is Cc1ccccc1Nc1nccc(N2CCNC(=O)C2c2ccccc2)n1. The van der Waals surface area contributed by atoms with E-state index in [4.69, 9.17) is 0 Å². The van der Waals surface area contributed by atoms with E-state index in [0.29, 0.717) is 19.0 Å². The molecule has 6 heteroatoms. The molecule has 6 nitrogen and oxygen atoms in total. The zero-order chi connectivity index (χ0) is 18.6. The summed E-state index contributed by atoms with van der Waals surface area (Å²) >= 11 is 0. The van der Waals surface area contributed by atoms with Gasteiger partial charge in [-0.15, -0.1) is 0 Å². The second-order valence-electron chi connectivity index (χ2n) is 6.48. The van der Waals surface area contributed by atoms with Gasteiger partial charge in [0.25, 0.3) is 0 Å². The van der Waals surface area contributed by atoms with Crippen molar-refractivity contribution in [2.24, 2.45) is 0 Å². The van der Waals surface area contributed by atoms with Crippen LogP contribution in [0.2, 0.25) is 0 Å². The van der Waals surface area contributed by atoms with Crippen molar-refractivity contribution in [1.29, 1.82) is 0 Å². The number of amides is 1. The van der Waals surface area contributed by atoms with Crippen LogP contribution in [-0.2, 0) is 4.79 Å². The molecule has 0 aliphatic carbocycles. The predicted octanol–water partition coefficient (Wildman–Crippen LogP) is 3.21. The first kappa shape index (κ1) is 17.0. The fraction of sp³-hybridized carbons (Fsp3) is 0.190. The molecule has 1 amide bonds. The van der Waals surface area contributed by atoms with Gasteiger partial charge in [0.15, 0.2) is 0 Å². The summed E-state index contributed by atoms with van der Waals surface area (Å²) in [4.78, 5) is 23.6. The average molecular weight is 359 g/mol. The first-order valence-corrected chi connectivity index (χ1v) is 8.97. The van der Waals surface area contributed by atoms with E-state index in [9.17, 15) is 4.79 Å². The lowest BCUT2D eigenvalue weighted by Gasteiger charge is -2.36. The molecule has 27 heavy (non-hydrogen) atoms. The Morgan fingerprint density at radius 3 is 2.67 bits per heavy atom. The Morgan fingerprint density at radius 1 is 1.07 bits per heavy atom. The molecule has 3 aromatic rings. The van der Waals surface area contributed by atoms with Crippen molar-refractivity contribution in [3.05, 3.63) is 78.0 Å². The van der Waals surface area contributed by atoms with Gasteiger partial charge in [-0.1, -0.05) is 48.5 Å². The first-order valence-electron chi connectivity index (χ1n) is 8.97. The lowest BCUT2D eigenvalue weighted by atomic mass is 10.0. The molecule has 2 heterocycles. The van der Waals surface area contributed by atoms with Gasteiger partial charge in [-0.25, -0.2) is 4.98 Å². The van der Waals surface area contributed by atoms with Crippen LogP contribution < -0.4 is 15.5 Å². The Bertz CT molecular complexity index is 944. The van der Waals surface area contributed by atoms with E-state index >= 15 is 0 Å². The standard InChI is InChI=1S/C21H21N5O/c1-15-7-5-6-10-17(15)24-21-23-12-11-18(25-21)26-14-13-22-20(27)19(26)16-8-3-2-4-9-16/h2-12,19H,13-14H2,1H3,(H,22,27)(H,23,24,25). The maximum Gasteiger partial charge on any atom is 0.247 e. The highest BCUT2D eigenvalue weighted by Crippen LogP contribution is 2.28. The van der Waals surface area contributed by atoms with E-state index in [-0.39, 0.29) is 5.91 Å². The van der Waals surface area contributed by atoms with Gasteiger partial charge < -0.3 is 15.5 Å². The third kappa shape index (κ3) is 3.60. The molecule has 1 aliphatic heterocycles. The van der Waals surface area contributed by atoms with E-state index in [2.05, 4.69) is 20.6 Å². The summed E-state index contributed by atoms with van der Waals surface area (Å²) in [5, 5.41) is 6.22. The van der Waals surface area contributed by atoms with Crippen LogP contribution in [0.1, 0.15) is 17.2 Å². The van der Waals surface area contributed by atoms with Crippen LogP contribution in [-0.4, -0.2) is 29.0 Å². The fourth-order valence-electron chi connectivity index (χ4n) is 3.28. The zero-order valence-electron chi connectivity index (χ0n) is 15.1. The van der Waals surface area contributed by atoms with Gasteiger partial charge in [-0.2, -0.15) is 4.98 Å². The third-order valence-corrected chi connectivity index (χ3v) is 4.65. The van der Waals surface area contributed by atoms with Crippen LogP contribution in [0.4, 0.5) is 17.5 Å². The molecule has 1 saturated heterocycles. The number of nitrogens with one attached hydrogen (secondary N) is 2. The van der Waals surface area contributed by atoms with Gasteiger partial charge in [-0.3, -0.25) is 4.79 Å². The topological polar surface area (TPSA) is 70.2 Å². The molecular formula is C21H21N5O. The minimum Gasteiger partial charge on any atom is -0.352 e. The van der Waals surface area contributed by atoms with E-state index in [1.54, 1.807) is 6.20 Å². The number of rotatable bonds is 4. The number of carbonyl (C=O) groups is 1. The average Bonchev–Trinajstić information content (AvgIpc) is 2.70. The van der Waals surface area contributed by atoms with Gasteiger partial charge in [0.2, 0.25) is 11.9 Å². The summed E-state index contributed by atoms with van der Waals surface area (Å²) in [7, 11) is 0. The third-order valence-electron chi connectivity index (χ3n) is 4.65. The summed E-state index contributed by atoms with van der Waals surface area (Å²) in [6, 6.07) is 19.2. The number of carbonyl (C=O) groups excluding carboxylic acids is 1. The van der Waals surface area contributed by atoms with Crippen molar-refractivity contribution in [1.82, 2.24) is 15.3 Å². The molecule has 1 aliphatic rings. The highest BCUT2D eigenvalue weighted by Gasteiger charge is 2.32. The van der Waals surface area contributed by atoms with Gasteiger partial charge in [0, 0.05) is 25.0 Å². The summed E-state index contributed by atoms with van der Waals surface area (Å²) in [5.41, 5.74) is 3.03. The molecule has 0 bridgehead atoms. The highest BCUT2D eigenvalue weighted by molar-refractivity contribution is 5.87. The number of aryl methyl sites for hydroxylation is 1. The molecule has 0 radical (unpaired) electrons. The maximum atomic E-state index is 12.6. The molecule has 1 fully saturated rings. The number of hydrogen-bond acceptors (Lipinski definition) is 5. The van der Waals surface area contributed by atoms with Crippen molar-refractivity contribution in [2.75, 3.05) is 23.3 Å². The van der Waals surface area contributed by atoms with E-state index < -0.39 is 6.04 Å². The number of anilines is 3. The summed E-state index contributed by atoms with van der Waals surface area (Å²) in [6.07, 6.45) is 1.72. The van der Waals surface area contributed by atoms with E-state index in [0.717, 1.165) is 22.6 Å². The van der Waals surface area contributed by atoms with Gasteiger partial charge in [0.05, 0.1) is 0 Å². The summed E-state index contributed by atoms with van der Waals surface area (Å²) < 4.78 is 0. The Labute approximate surface area is 158 Å². The molecule has 1 atom stereocenters. The van der Waals surface area contributed by atoms with Crippen LogP contribution in [0.15, 0.2) is 66.9 Å². The van der Waals surface area contributed by atoms with Crippen molar-refractivity contribution in [3.8, 4) is 0 Å². The number of hydrogen-bond donors (Lipinski definition) is 2. The largest absolute Gasteiger partial charge is 0.352 e. The van der Waals surface area contributed by atoms with Crippen molar-refractivity contribution < 1.29 is 4.79 Å². The predicted molar refractivity (Wildman–Crippen MR) is 106 cm³/mol. The fourth-order valence-corrected chi connectivity index (χ4v) is 3.28. The van der Waals surface area contributed by atoms with Crippen molar-refractivity contribution in [3.63, 3.8) is 0 Å². The van der Waals surface area contributed by atoms with Crippen LogP contribution in [0.25, 0.3) is 0 Å². The van der Waals surface area contributed by atoms with Gasteiger partial charge >= 0.3 is 0 Å². The lowest BCUT2D eigenvalue weighted by molar-refractivity contribution is -0.123. The number of piperazine rings is 1. The molecule has 4 rings (SSSR count). The Morgan fingerprint density at radius 2 is 1.85 bits per heavy atom. The van der Waals surface area contributed by atoms with Crippen LogP contribution in [0.3, 0.4) is 0 Å². The second kappa shape index (κ2) is 7.45. The number of para-hydroxylation sites is 1. The zero-order valence-corrected chi connectivity index (χ0v) is 15.1. The van der Waals surface area contributed by atoms with Crippen LogP contribution in [0.5, 0.6) is 0 Å². The molecular weight excluding hydrogens is 338 g/mol. The summed E-state index contributed by atoms with van der Waals surface area (Å²) in [6.45, 7) is 3.31. The number of aromatic nitrogens is 2. The maximum absolute atomic E-state index is 12.6. The van der Waals surface area contributed by atoms with Gasteiger partial charge in [0.1, 0.15) is 11.9 Å². The molecule has 1 aromatic heterocycles. The van der Waals surface area contributed by atoms with Crippen LogP contribution in [0, 0.1) is 6.92 Å². The summed E-state index contributed by atoms with van der Waals surface area (Å²) in [5.74, 6) is 1.23.